The molecule has 0 heterocycles. The van der Waals surface area contributed by atoms with Gasteiger partial charge in [-0.25, -0.2) is 0 Å². The lowest BCUT2D eigenvalue weighted by Gasteiger charge is -2.00. The van der Waals surface area contributed by atoms with Crippen molar-refractivity contribution in [2.45, 2.75) is 12.8 Å². The van der Waals surface area contributed by atoms with Gasteiger partial charge in [0.25, 0.3) is 0 Å². The lowest BCUT2D eigenvalue weighted by Crippen LogP contribution is -2.00. The molecule has 1 aliphatic carbocycles. The molecule has 0 amide bonds. The van der Waals surface area contributed by atoms with Crippen LogP contribution in [0.25, 0.3) is 0 Å². The quantitative estimate of drug-likeness (QED) is 0.434. The van der Waals surface area contributed by atoms with E-state index in [-0.39, 0.29) is 5.70 Å². The molecule has 1 rings (SSSR count). The lowest BCUT2D eigenvalue weighted by molar-refractivity contribution is -0.428. The number of nitro groups is 1. The van der Waals surface area contributed by atoms with Crippen LogP contribution in [-0.4, -0.2) is 4.92 Å². The van der Waals surface area contributed by atoms with Crippen molar-refractivity contribution in [3.8, 4) is 0 Å². The molecule has 0 atom stereocenters. The number of allylic oxidation sites excluding steroid dienone is 4. The zero-order valence-corrected chi connectivity index (χ0v) is 5.97. The summed E-state index contributed by atoms with van der Waals surface area (Å²) in [5.41, 5.74) is 0.201. The molecule has 0 saturated heterocycles. The van der Waals surface area contributed by atoms with Gasteiger partial charge in [-0.15, -0.1) is 0 Å². The van der Waals surface area contributed by atoms with E-state index in [2.05, 4.69) is 0 Å². The third kappa shape index (κ3) is 1.57. The first-order valence-electron chi connectivity index (χ1n) is 2.91. The fourth-order valence-corrected chi connectivity index (χ4v) is 1.03. The standard InChI is InChI=1S/C6H6ClNO2/c7-5-2-1-3-6(4-5)8(9)10/h2,4H,1,3H2. The van der Waals surface area contributed by atoms with E-state index in [4.69, 9.17) is 11.6 Å². The summed E-state index contributed by atoms with van der Waals surface area (Å²) in [4.78, 5) is 9.76. The summed E-state index contributed by atoms with van der Waals surface area (Å²) < 4.78 is 0. The minimum atomic E-state index is -0.393. The fourth-order valence-electron chi connectivity index (χ4n) is 0.792. The van der Waals surface area contributed by atoms with Crippen LogP contribution in [0.4, 0.5) is 0 Å². The molecule has 54 valence electrons. The van der Waals surface area contributed by atoms with Gasteiger partial charge in [-0.3, -0.25) is 10.1 Å². The summed E-state index contributed by atoms with van der Waals surface area (Å²) in [7, 11) is 0. The van der Waals surface area contributed by atoms with Crippen molar-refractivity contribution in [1.82, 2.24) is 0 Å². The average molecular weight is 160 g/mol. The summed E-state index contributed by atoms with van der Waals surface area (Å²) in [6, 6.07) is 0. The molecule has 0 spiro atoms. The Bertz CT molecular complexity index is 220. The van der Waals surface area contributed by atoms with Gasteiger partial charge in [-0.1, -0.05) is 17.7 Å². The van der Waals surface area contributed by atoms with Crippen LogP contribution in [0.1, 0.15) is 12.8 Å². The number of rotatable bonds is 1. The summed E-state index contributed by atoms with van der Waals surface area (Å²) >= 11 is 5.54. The number of nitrogens with zero attached hydrogens (tertiary/aromatic N) is 1. The molecule has 0 unspecified atom stereocenters. The second kappa shape index (κ2) is 2.84. The first kappa shape index (κ1) is 7.28. The van der Waals surface area contributed by atoms with Gasteiger partial charge < -0.3 is 0 Å². The van der Waals surface area contributed by atoms with Gasteiger partial charge in [-0.05, 0) is 6.42 Å². The van der Waals surface area contributed by atoms with Crippen LogP contribution >= 0.6 is 11.6 Å². The topological polar surface area (TPSA) is 43.1 Å². The van der Waals surface area contributed by atoms with Gasteiger partial charge in [0.2, 0.25) is 5.70 Å². The average Bonchev–Trinajstić information content (AvgIpc) is 1.88. The predicted molar refractivity (Wildman–Crippen MR) is 38.2 cm³/mol. The van der Waals surface area contributed by atoms with Gasteiger partial charge in [0.1, 0.15) is 0 Å². The van der Waals surface area contributed by atoms with Crippen LogP contribution in [0, 0.1) is 10.1 Å². The highest BCUT2D eigenvalue weighted by molar-refractivity contribution is 6.31. The second-order valence-corrected chi connectivity index (χ2v) is 2.46. The van der Waals surface area contributed by atoms with E-state index in [1.54, 1.807) is 6.08 Å². The Hall–Kier alpha value is -0.830. The predicted octanol–water partition coefficient (Wildman–Crippen LogP) is 2.06. The first-order chi connectivity index (χ1) is 4.70. The van der Waals surface area contributed by atoms with Crippen LogP contribution in [0.2, 0.25) is 0 Å². The molecule has 0 N–H and O–H groups in total. The Kier molecular flexibility index (Phi) is 2.06. The number of hydrogen-bond acceptors (Lipinski definition) is 2. The van der Waals surface area contributed by atoms with E-state index < -0.39 is 4.92 Å². The van der Waals surface area contributed by atoms with Crippen LogP contribution < -0.4 is 0 Å². The Morgan fingerprint density at radius 1 is 1.70 bits per heavy atom. The fraction of sp³-hybridized carbons (Fsp3) is 0.333. The number of hydrogen-bond donors (Lipinski definition) is 0. The molecule has 4 heteroatoms. The molecule has 0 bridgehead atoms. The maximum absolute atomic E-state index is 10.2. The highest BCUT2D eigenvalue weighted by atomic mass is 35.5. The Morgan fingerprint density at radius 3 is 2.80 bits per heavy atom. The molecular formula is C6H6ClNO2. The zero-order valence-electron chi connectivity index (χ0n) is 5.21. The normalized spacial score (nSPS) is 17.7. The Morgan fingerprint density at radius 2 is 2.40 bits per heavy atom. The van der Waals surface area contributed by atoms with E-state index in [1.165, 1.54) is 6.08 Å². The molecule has 10 heavy (non-hydrogen) atoms. The van der Waals surface area contributed by atoms with Crippen molar-refractivity contribution in [2.24, 2.45) is 0 Å². The third-order valence-electron chi connectivity index (χ3n) is 1.28. The van der Waals surface area contributed by atoms with E-state index in [9.17, 15) is 10.1 Å². The molecule has 0 saturated carbocycles. The van der Waals surface area contributed by atoms with Crippen molar-refractivity contribution in [1.29, 1.82) is 0 Å². The van der Waals surface area contributed by atoms with Crippen molar-refractivity contribution in [2.75, 3.05) is 0 Å². The Labute approximate surface area is 63.1 Å². The minimum Gasteiger partial charge on any atom is -0.259 e. The molecule has 0 aromatic heterocycles. The smallest absolute Gasteiger partial charge is 0.248 e. The highest BCUT2D eigenvalue weighted by Gasteiger charge is 2.13. The molecule has 0 radical (unpaired) electrons. The first-order valence-corrected chi connectivity index (χ1v) is 3.28. The van der Waals surface area contributed by atoms with E-state index >= 15 is 0 Å². The van der Waals surface area contributed by atoms with E-state index in [1.807, 2.05) is 0 Å². The minimum absolute atomic E-state index is 0.201. The largest absolute Gasteiger partial charge is 0.259 e. The Balaban J connectivity index is 2.78. The highest BCUT2D eigenvalue weighted by Crippen LogP contribution is 2.19. The van der Waals surface area contributed by atoms with Gasteiger partial charge in [-0.2, -0.15) is 0 Å². The van der Waals surface area contributed by atoms with Crippen LogP contribution in [0.3, 0.4) is 0 Å². The summed E-state index contributed by atoms with van der Waals surface area (Å²) in [5.74, 6) is 0. The second-order valence-electron chi connectivity index (χ2n) is 2.02. The van der Waals surface area contributed by atoms with E-state index in [0.717, 1.165) is 0 Å². The van der Waals surface area contributed by atoms with Gasteiger partial charge in [0, 0.05) is 17.5 Å². The molecule has 0 aliphatic heterocycles. The van der Waals surface area contributed by atoms with Crippen molar-refractivity contribution < 1.29 is 4.92 Å². The molecule has 0 aromatic carbocycles. The van der Waals surface area contributed by atoms with Gasteiger partial charge >= 0.3 is 0 Å². The SMILES string of the molecule is O=[N+]([O-])C1=CC(Cl)=CCC1. The zero-order chi connectivity index (χ0) is 7.56. The van der Waals surface area contributed by atoms with Crippen LogP contribution in [0.5, 0.6) is 0 Å². The summed E-state index contributed by atoms with van der Waals surface area (Å²) in [5, 5.41) is 10.6. The lowest BCUT2D eigenvalue weighted by atomic mass is 10.1. The molecule has 0 fully saturated rings. The maximum atomic E-state index is 10.2. The monoisotopic (exact) mass is 159 g/mol. The van der Waals surface area contributed by atoms with Gasteiger partial charge in [0.05, 0.1) is 4.92 Å². The molecule has 1 aliphatic rings. The maximum Gasteiger partial charge on any atom is 0.248 e. The molecular weight excluding hydrogens is 154 g/mol. The molecule has 0 aromatic rings. The van der Waals surface area contributed by atoms with Gasteiger partial charge in [0.15, 0.2) is 0 Å². The van der Waals surface area contributed by atoms with Crippen molar-refractivity contribution >= 4 is 11.6 Å². The third-order valence-corrected chi connectivity index (χ3v) is 1.54. The van der Waals surface area contributed by atoms with Crippen LogP contribution in [0.15, 0.2) is 22.9 Å². The summed E-state index contributed by atoms with van der Waals surface area (Å²) in [6.07, 6.45) is 4.33. The molecule has 3 nitrogen and oxygen atoms in total. The van der Waals surface area contributed by atoms with Crippen LogP contribution in [-0.2, 0) is 0 Å². The van der Waals surface area contributed by atoms with E-state index in [0.29, 0.717) is 17.9 Å². The van der Waals surface area contributed by atoms with Crippen molar-refractivity contribution in [3.63, 3.8) is 0 Å². The summed E-state index contributed by atoms with van der Waals surface area (Å²) in [6.45, 7) is 0. The number of halogens is 1. The van der Waals surface area contributed by atoms with Crippen molar-refractivity contribution in [3.05, 3.63) is 33.0 Å².